The minimum Gasteiger partial charge on any atom is -0.497 e. The molecular formula is C16H19N3O3. The van der Waals surface area contributed by atoms with Gasteiger partial charge in [0.25, 0.3) is 5.91 Å². The number of ether oxygens (including phenoxy) is 1. The monoisotopic (exact) mass is 301 g/mol. The van der Waals surface area contributed by atoms with Crippen molar-refractivity contribution in [3.63, 3.8) is 0 Å². The lowest BCUT2D eigenvalue weighted by Crippen LogP contribution is -2.46. The van der Waals surface area contributed by atoms with Crippen molar-refractivity contribution in [2.45, 2.75) is 6.92 Å². The summed E-state index contributed by atoms with van der Waals surface area (Å²) in [5.74, 6) is 0.723. The van der Waals surface area contributed by atoms with Crippen LogP contribution >= 0.6 is 0 Å². The summed E-state index contributed by atoms with van der Waals surface area (Å²) < 4.78 is 5.23. The Morgan fingerprint density at radius 3 is 2.64 bits per heavy atom. The van der Waals surface area contributed by atoms with Gasteiger partial charge in [-0.3, -0.25) is 9.59 Å². The third-order valence-electron chi connectivity index (χ3n) is 4.08. The molecule has 6 nitrogen and oxygen atoms in total. The second-order valence-electron chi connectivity index (χ2n) is 5.45. The van der Waals surface area contributed by atoms with E-state index in [0.717, 1.165) is 30.1 Å². The highest BCUT2D eigenvalue weighted by Gasteiger charge is 2.26. The van der Waals surface area contributed by atoms with Gasteiger partial charge in [0.15, 0.2) is 0 Å². The molecule has 0 atom stereocenters. The Balaban J connectivity index is 1.81. The van der Waals surface area contributed by atoms with Gasteiger partial charge in [-0.1, -0.05) is 0 Å². The van der Waals surface area contributed by atoms with Crippen LogP contribution in [0.2, 0.25) is 0 Å². The molecule has 0 bridgehead atoms. The van der Waals surface area contributed by atoms with E-state index < -0.39 is 0 Å². The number of hydrogen-bond acceptors (Lipinski definition) is 4. The molecule has 22 heavy (non-hydrogen) atoms. The minimum atomic E-state index is -0.0998. The fraction of sp³-hybridized carbons (Fsp3) is 0.375. The van der Waals surface area contributed by atoms with Gasteiger partial charge in [-0.25, -0.2) is 0 Å². The maximum atomic E-state index is 12.2. The zero-order chi connectivity index (χ0) is 15.7. The van der Waals surface area contributed by atoms with Gasteiger partial charge in [0.05, 0.1) is 12.7 Å². The van der Waals surface area contributed by atoms with Crippen LogP contribution in [0.25, 0.3) is 5.57 Å². The summed E-state index contributed by atoms with van der Waals surface area (Å²) in [7, 11) is 1.61. The number of fused-ring (bicyclic) bond motifs is 1. The largest absolute Gasteiger partial charge is 0.497 e. The molecule has 6 heteroatoms. The molecule has 1 saturated heterocycles. The fourth-order valence-corrected chi connectivity index (χ4v) is 2.77. The summed E-state index contributed by atoms with van der Waals surface area (Å²) >= 11 is 0. The maximum absolute atomic E-state index is 12.2. The Kier molecular flexibility index (Phi) is 3.75. The molecule has 2 aliphatic rings. The molecule has 1 fully saturated rings. The Hall–Kier alpha value is -2.50. The predicted molar refractivity (Wildman–Crippen MR) is 83.4 cm³/mol. The molecule has 116 valence electrons. The standard InChI is InChI=1S/C16H19N3O3/c1-11(20)19-7-5-18(6-8-19)10-14-13-9-12(22-2)3-4-15(13)17-16(14)21/h3-4,9-10H,5-8H2,1-2H3,(H,17,21)/b14-10+. The third kappa shape index (κ3) is 2.64. The zero-order valence-electron chi connectivity index (χ0n) is 12.8. The van der Waals surface area contributed by atoms with Crippen LogP contribution in [-0.4, -0.2) is 54.9 Å². The number of hydrogen-bond donors (Lipinski definition) is 1. The van der Waals surface area contributed by atoms with Gasteiger partial charge in [-0.05, 0) is 18.2 Å². The second-order valence-corrected chi connectivity index (χ2v) is 5.45. The van der Waals surface area contributed by atoms with Crippen LogP contribution in [0, 0.1) is 0 Å². The van der Waals surface area contributed by atoms with Crippen molar-refractivity contribution in [3.05, 3.63) is 30.0 Å². The van der Waals surface area contributed by atoms with Gasteiger partial charge < -0.3 is 19.9 Å². The first kappa shape index (κ1) is 14.4. The van der Waals surface area contributed by atoms with E-state index in [4.69, 9.17) is 4.74 Å². The molecule has 0 spiro atoms. The molecule has 2 amide bonds. The quantitative estimate of drug-likeness (QED) is 0.833. The number of methoxy groups -OCH3 is 1. The molecule has 0 aromatic heterocycles. The van der Waals surface area contributed by atoms with Gasteiger partial charge in [0.1, 0.15) is 5.75 Å². The molecule has 1 aromatic rings. The highest BCUT2D eigenvalue weighted by Crippen LogP contribution is 2.34. The fourth-order valence-electron chi connectivity index (χ4n) is 2.77. The number of anilines is 1. The van der Waals surface area contributed by atoms with E-state index in [1.807, 2.05) is 29.3 Å². The number of carbonyl (C=O) groups is 2. The number of carbonyl (C=O) groups excluding carboxylic acids is 2. The lowest BCUT2D eigenvalue weighted by atomic mass is 10.1. The van der Waals surface area contributed by atoms with Crippen molar-refractivity contribution in [1.29, 1.82) is 0 Å². The summed E-state index contributed by atoms with van der Waals surface area (Å²) in [5, 5.41) is 2.86. The molecule has 3 rings (SSSR count). The summed E-state index contributed by atoms with van der Waals surface area (Å²) in [6, 6.07) is 5.54. The average molecular weight is 301 g/mol. The van der Waals surface area contributed by atoms with Crippen LogP contribution in [0.15, 0.2) is 24.4 Å². The Morgan fingerprint density at radius 1 is 1.27 bits per heavy atom. The van der Waals surface area contributed by atoms with Gasteiger partial charge in [0.2, 0.25) is 5.91 Å². The van der Waals surface area contributed by atoms with Gasteiger partial charge in [-0.2, -0.15) is 0 Å². The summed E-state index contributed by atoms with van der Waals surface area (Å²) in [6.45, 7) is 4.42. The Labute approximate surface area is 129 Å². The number of piperazine rings is 1. The first-order valence-corrected chi connectivity index (χ1v) is 7.29. The highest BCUT2D eigenvalue weighted by molar-refractivity contribution is 6.31. The molecular weight excluding hydrogens is 282 g/mol. The first-order valence-electron chi connectivity index (χ1n) is 7.29. The molecule has 0 unspecified atom stereocenters. The van der Waals surface area contributed by atoms with Crippen LogP contribution in [0.4, 0.5) is 5.69 Å². The van der Waals surface area contributed by atoms with Crippen molar-refractivity contribution in [3.8, 4) is 5.75 Å². The SMILES string of the molecule is COc1ccc2c(c1)/C(=C\N1CCN(C(C)=O)CC1)C(=O)N2. The molecule has 2 heterocycles. The van der Waals surface area contributed by atoms with Gasteiger partial charge >= 0.3 is 0 Å². The van der Waals surface area contributed by atoms with Crippen molar-refractivity contribution >= 4 is 23.1 Å². The highest BCUT2D eigenvalue weighted by atomic mass is 16.5. The van der Waals surface area contributed by atoms with Crippen molar-refractivity contribution < 1.29 is 14.3 Å². The zero-order valence-corrected chi connectivity index (χ0v) is 12.8. The smallest absolute Gasteiger partial charge is 0.257 e. The molecule has 2 aliphatic heterocycles. The maximum Gasteiger partial charge on any atom is 0.257 e. The van der Waals surface area contributed by atoms with Gasteiger partial charge in [0, 0.05) is 50.6 Å². The van der Waals surface area contributed by atoms with E-state index >= 15 is 0 Å². The second kappa shape index (κ2) is 5.71. The topological polar surface area (TPSA) is 61.9 Å². The average Bonchev–Trinajstić information content (AvgIpc) is 2.83. The van der Waals surface area contributed by atoms with Crippen molar-refractivity contribution in [2.75, 3.05) is 38.6 Å². The van der Waals surface area contributed by atoms with E-state index in [0.29, 0.717) is 18.7 Å². The summed E-state index contributed by atoms with van der Waals surface area (Å²) in [4.78, 5) is 27.4. The predicted octanol–water partition coefficient (Wildman–Crippen LogP) is 1.15. The van der Waals surface area contributed by atoms with E-state index in [2.05, 4.69) is 10.2 Å². The van der Waals surface area contributed by atoms with Crippen LogP contribution < -0.4 is 10.1 Å². The van der Waals surface area contributed by atoms with E-state index in [1.165, 1.54) is 0 Å². The van der Waals surface area contributed by atoms with E-state index in [9.17, 15) is 9.59 Å². The van der Waals surface area contributed by atoms with Crippen molar-refractivity contribution in [1.82, 2.24) is 9.80 Å². The number of nitrogens with zero attached hydrogens (tertiary/aromatic N) is 2. The molecule has 1 N–H and O–H groups in total. The third-order valence-corrected chi connectivity index (χ3v) is 4.08. The lowest BCUT2D eigenvalue weighted by Gasteiger charge is -2.33. The molecule has 0 saturated carbocycles. The summed E-state index contributed by atoms with van der Waals surface area (Å²) in [5.41, 5.74) is 2.31. The lowest BCUT2D eigenvalue weighted by molar-refractivity contribution is -0.130. The Morgan fingerprint density at radius 2 is 2.00 bits per heavy atom. The number of nitrogens with one attached hydrogen (secondary N) is 1. The van der Waals surface area contributed by atoms with Crippen molar-refractivity contribution in [2.24, 2.45) is 0 Å². The number of benzene rings is 1. The number of rotatable bonds is 2. The normalized spacial score (nSPS) is 19.2. The molecule has 0 radical (unpaired) electrons. The van der Waals surface area contributed by atoms with Crippen LogP contribution in [0.3, 0.4) is 0 Å². The van der Waals surface area contributed by atoms with E-state index in [-0.39, 0.29) is 11.8 Å². The van der Waals surface area contributed by atoms with Crippen LogP contribution in [0.5, 0.6) is 5.75 Å². The minimum absolute atomic E-state index is 0.0981. The van der Waals surface area contributed by atoms with E-state index in [1.54, 1.807) is 14.0 Å². The Bertz CT molecular complexity index is 646. The van der Waals surface area contributed by atoms with Crippen LogP contribution in [0.1, 0.15) is 12.5 Å². The first-order chi connectivity index (χ1) is 10.6. The molecule has 0 aliphatic carbocycles. The number of amides is 2. The molecule has 1 aromatic carbocycles. The van der Waals surface area contributed by atoms with Crippen LogP contribution in [-0.2, 0) is 9.59 Å². The van der Waals surface area contributed by atoms with Gasteiger partial charge in [-0.15, -0.1) is 0 Å². The summed E-state index contributed by atoms with van der Waals surface area (Å²) in [6.07, 6.45) is 1.89.